The standard InChI is InChI=1S/C12H15F2N3O/c13-7-5-8(14)12(17-11(7)15)16-9-3-4-18-10(9)6-1-2-6/h5-6,9-10H,1-4H2,(H3,15,16,17). The van der Waals surface area contributed by atoms with E-state index in [4.69, 9.17) is 10.5 Å². The molecule has 98 valence electrons. The van der Waals surface area contributed by atoms with Gasteiger partial charge in [-0.15, -0.1) is 0 Å². The number of hydrogen-bond donors (Lipinski definition) is 2. The van der Waals surface area contributed by atoms with E-state index >= 15 is 0 Å². The fraction of sp³-hybridized carbons (Fsp3) is 0.583. The Bertz CT molecular complexity index is 465. The summed E-state index contributed by atoms with van der Waals surface area (Å²) in [5, 5.41) is 2.99. The highest BCUT2D eigenvalue weighted by Gasteiger charge is 2.41. The number of nitrogens with zero attached hydrogens (tertiary/aromatic N) is 1. The molecule has 1 aliphatic carbocycles. The second-order valence-corrected chi connectivity index (χ2v) is 4.90. The molecule has 18 heavy (non-hydrogen) atoms. The molecule has 0 aromatic carbocycles. The number of hydrogen-bond acceptors (Lipinski definition) is 4. The molecular weight excluding hydrogens is 240 g/mol. The van der Waals surface area contributed by atoms with E-state index in [0.717, 1.165) is 25.3 Å². The van der Waals surface area contributed by atoms with Crippen molar-refractivity contribution >= 4 is 11.6 Å². The summed E-state index contributed by atoms with van der Waals surface area (Å²) in [5.74, 6) is -1.27. The van der Waals surface area contributed by atoms with Crippen LogP contribution in [0, 0.1) is 17.6 Å². The number of nitrogen functional groups attached to an aromatic ring is 1. The van der Waals surface area contributed by atoms with E-state index in [1.54, 1.807) is 0 Å². The minimum absolute atomic E-state index is 0.00931. The molecule has 2 heterocycles. The monoisotopic (exact) mass is 255 g/mol. The first-order valence-corrected chi connectivity index (χ1v) is 6.15. The first-order valence-electron chi connectivity index (χ1n) is 6.15. The predicted molar refractivity (Wildman–Crippen MR) is 63.1 cm³/mol. The van der Waals surface area contributed by atoms with Gasteiger partial charge in [-0.25, -0.2) is 13.8 Å². The Morgan fingerprint density at radius 2 is 2.06 bits per heavy atom. The molecule has 0 bridgehead atoms. The summed E-state index contributed by atoms with van der Waals surface area (Å²) < 4.78 is 32.2. The molecular formula is C12H15F2N3O. The lowest BCUT2D eigenvalue weighted by molar-refractivity contribution is 0.0897. The first-order chi connectivity index (χ1) is 8.65. The van der Waals surface area contributed by atoms with Crippen LogP contribution < -0.4 is 11.1 Å². The molecule has 2 unspecified atom stereocenters. The fourth-order valence-electron chi connectivity index (χ4n) is 2.41. The topological polar surface area (TPSA) is 60.2 Å². The van der Waals surface area contributed by atoms with Gasteiger partial charge in [0.25, 0.3) is 0 Å². The maximum Gasteiger partial charge on any atom is 0.168 e. The Morgan fingerprint density at radius 3 is 2.78 bits per heavy atom. The molecule has 3 rings (SSSR count). The molecule has 0 amide bonds. The quantitative estimate of drug-likeness (QED) is 0.866. The third-order valence-corrected chi connectivity index (χ3v) is 3.50. The van der Waals surface area contributed by atoms with Crippen molar-refractivity contribution < 1.29 is 13.5 Å². The molecule has 1 aromatic heterocycles. The molecule has 1 saturated carbocycles. The van der Waals surface area contributed by atoms with Crippen molar-refractivity contribution in [3.63, 3.8) is 0 Å². The highest BCUT2D eigenvalue weighted by Crippen LogP contribution is 2.39. The van der Waals surface area contributed by atoms with Crippen LogP contribution in [0.15, 0.2) is 6.07 Å². The molecule has 1 saturated heterocycles. The van der Waals surface area contributed by atoms with Crippen molar-refractivity contribution in [2.45, 2.75) is 31.4 Å². The van der Waals surface area contributed by atoms with Crippen LogP contribution in [0.5, 0.6) is 0 Å². The van der Waals surface area contributed by atoms with E-state index in [-0.39, 0.29) is 23.8 Å². The second-order valence-electron chi connectivity index (χ2n) is 4.90. The number of rotatable bonds is 3. The van der Waals surface area contributed by atoms with Crippen LogP contribution >= 0.6 is 0 Å². The average molecular weight is 255 g/mol. The molecule has 0 spiro atoms. The van der Waals surface area contributed by atoms with Gasteiger partial charge in [0.15, 0.2) is 23.3 Å². The zero-order valence-electron chi connectivity index (χ0n) is 9.83. The highest BCUT2D eigenvalue weighted by atomic mass is 19.1. The van der Waals surface area contributed by atoms with Gasteiger partial charge in [-0.3, -0.25) is 0 Å². The van der Waals surface area contributed by atoms with Crippen LogP contribution in [0.2, 0.25) is 0 Å². The maximum absolute atomic E-state index is 13.6. The molecule has 1 aromatic rings. The van der Waals surface area contributed by atoms with E-state index in [1.807, 2.05) is 0 Å². The van der Waals surface area contributed by atoms with Crippen molar-refractivity contribution in [3.05, 3.63) is 17.7 Å². The highest BCUT2D eigenvalue weighted by molar-refractivity contribution is 5.45. The lowest BCUT2D eigenvalue weighted by atomic mass is 10.1. The number of pyridine rings is 1. The van der Waals surface area contributed by atoms with Gasteiger partial charge in [0.1, 0.15) is 0 Å². The van der Waals surface area contributed by atoms with E-state index in [0.29, 0.717) is 12.5 Å². The molecule has 2 atom stereocenters. The molecule has 3 N–H and O–H groups in total. The van der Waals surface area contributed by atoms with Crippen molar-refractivity contribution in [1.82, 2.24) is 4.98 Å². The average Bonchev–Trinajstić information content (AvgIpc) is 3.07. The Hall–Kier alpha value is -1.43. The Labute approximate surface area is 104 Å². The number of ether oxygens (including phenoxy) is 1. The normalized spacial score (nSPS) is 27.4. The lowest BCUT2D eigenvalue weighted by Crippen LogP contribution is -2.31. The summed E-state index contributed by atoms with van der Waals surface area (Å²) in [6.45, 7) is 0.664. The second kappa shape index (κ2) is 4.35. The van der Waals surface area contributed by atoms with Crippen LogP contribution in [0.25, 0.3) is 0 Å². The number of halogens is 2. The van der Waals surface area contributed by atoms with Crippen molar-refractivity contribution in [2.24, 2.45) is 5.92 Å². The zero-order valence-corrected chi connectivity index (χ0v) is 9.83. The number of nitrogens with two attached hydrogens (primary N) is 1. The van der Waals surface area contributed by atoms with Gasteiger partial charge in [0.05, 0.1) is 12.1 Å². The number of anilines is 2. The van der Waals surface area contributed by atoms with Crippen molar-refractivity contribution in [2.75, 3.05) is 17.7 Å². The summed E-state index contributed by atoms with van der Waals surface area (Å²) in [5.41, 5.74) is 5.35. The van der Waals surface area contributed by atoms with Crippen LogP contribution in [-0.2, 0) is 4.74 Å². The van der Waals surface area contributed by atoms with E-state index in [1.165, 1.54) is 0 Å². The van der Waals surface area contributed by atoms with E-state index < -0.39 is 11.6 Å². The van der Waals surface area contributed by atoms with Gasteiger partial charge in [-0.1, -0.05) is 0 Å². The Morgan fingerprint density at radius 1 is 1.28 bits per heavy atom. The van der Waals surface area contributed by atoms with E-state index in [9.17, 15) is 8.78 Å². The van der Waals surface area contributed by atoms with Gasteiger partial charge >= 0.3 is 0 Å². The number of aromatic nitrogens is 1. The zero-order chi connectivity index (χ0) is 12.7. The van der Waals surface area contributed by atoms with Gasteiger partial charge in [-0.2, -0.15) is 0 Å². The molecule has 2 fully saturated rings. The van der Waals surface area contributed by atoms with Gasteiger partial charge < -0.3 is 15.8 Å². The predicted octanol–water partition coefficient (Wildman–Crippen LogP) is 1.92. The lowest BCUT2D eigenvalue weighted by Gasteiger charge is -2.20. The minimum atomic E-state index is -0.834. The number of nitrogens with one attached hydrogen (secondary N) is 1. The summed E-state index contributed by atoms with van der Waals surface area (Å²) in [6, 6.07) is 0.788. The third-order valence-electron chi connectivity index (χ3n) is 3.50. The van der Waals surface area contributed by atoms with Crippen LogP contribution in [-0.4, -0.2) is 23.7 Å². The first kappa shape index (κ1) is 11.6. The summed E-state index contributed by atoms with van der Waals surface area (Å²) in [4.78, 5) is 3.71. The molecule has 4 nitrogen and oxygen atoms in total. The molecule has 6 heteroatoms. The molecule has 1 aliphatic heterocycles. The van der Waals surface area contributed by atoms with Crippen LogP contribution in [0.3, 0.4) is 0 Å². The Kier molecular flexibility index (Phi) is 2.81. The summed E-state index contributed by atoms with van der Waals surface area (Å²) in [7, 11) is 0. The Balaban J connectivity index is 1.77. The maximum atomic E-state index is 13.6. The minimum Gasteiger partial charge on any atom is -0.381 e. The van der Waals surface area contributed by atoms with Gasteiger partial charge in [0, 0.05) is 12.7 Å². The largest absolute Gasteiger partial charge is 0.381 e. The smallest absolute Gasteiger partial charge is 0.168 e. The van der Waals surface area contributed by atoms with Gasteiger partial charge in [-0.05, 0) is 25.2 Å². The summed E-state index contributed by atoms with van der Waals surface area (Å²) in [6.07, 6.45) is 3.23. The van der Waals surface area contributed by atoms with Crippen molar-refractivity contribution in [3.8, 4) is 0 Å². The SMILES string of the molecule is Nc1nc(NC2CCOC2C2CC2)c(F)cc1F. The fourth-order valence-corrected chi connectivity index (χ4v) is 2.41. The van der Waals surface area contributed by atoms with Crippen LogP contribution in [0.4, 0.5) is 20.4 Å². The van der Waals surface area contributed by atoms with Crippen molar-refractivity contribution in [1.29, 1.82) is 0 Å². The van der Waals surface area contributed by atoms with Gasteiger partial charge in [0.2, 0.25) is 0 Å². The molecule has 0 radical (unpaired) electrons. The van der Waals surface area contributed by atoms with E-state index in [2.05, 4.69) is 10.3 Å². The summed E-state index contributed by atoms with van der Waals surface area (Å²) >= 11 is 0. The molecule has 2 aliphatic rings. The van der Waals surface area contributed by atoms with Crippen LogP contribution in [0.1, 0.15) is 19.3 Å². The third kappa shape index (κ3) is 2.12.